The largest absolute Gasteiger partial charge is 0.278 e. The SMILES string of the molecule is CCCc1ccc(CCNS(=O)(=O)N(C)C)cc1. The molecule has 0 amide bonds. The van der Waals surface area contributed by atoms with E-state index >= 15 is 0 Å². The Labute approximate surface area is 110 Å². The molecule has 0 unspecified atom stereocenters. The van der Waals surface area contributed by atoms with Crippen molar-refractivity contribution >= 4 is 10.2 Å². The van der Waals surface area contributed by atoms with E-state index in [-0.39, 0.29) is 0 Å². The van der Waals surface area contributed by atoms with Crippen molar-refractivity contribution in [3.63, 3.8) is 0 Å². The Hall–Kier alpha value is -0.910. The molecular formula is C13H22N2O2S. The van der Waals surface area contributed by atoms with Crippen molar-refractivity contribution in [3.8, 4) is 0 Å². The molecule has 0 fully saturated rings. The van der Waals surface area contributed by atoms with Gasteiger partial charge in [0.15, 0.2) is 0 Å². The maximum Gasteiger partial charge on any atom is 0.278 e. The molecule has 5 heteroatoms. The average molecular weight is 270 g/mol. The van der Waals surface area contributed by atoms with Crippen molar-refractivity contribution in [1.82, 2.24) is 9.03 Å². The van der Waals surface area contributed by atoms with Crippen molar-refractivity contribution < 1.29 is 8.42 Å². The Morgan fingerprint density at radius 2 is 1.56 bits per heavy atom. The minimum Gasteiger partial charge on any atom is -0.202 e. The third-order valence-electron chi connectivity index (χ3n) is 2.74. The van der Waals surface area contributed by atoms with Crippen LogP contribution in [0.2, 0.25) is 0 Å². The number of nitrogens with one attached hydrogen (secondary N) is 1. The van der Waals surface area contributed by atoms with E-state index in [1.165, 1.54) is 24.0 Å². The molecule has 0 aromatic heterocycles. The number of rotatable bonds is 7. The van der Waals surface area contributed by atoms with Gasteiger partial charge in [0, 0.05) is 20.6 Å². The molecule has 0 radical (unpaired) electrons. The van der Waals surface area contributed by atoms with Crippen LogP contribution in [0.25, 0.3) is 0 Å². The minimum atomic E-state index is -3.30. The predicted molar refractivity (Wildman–Crippen MR) is 74.8 cm³/mol. The summed E-state index contributed by atoms with van der Waals surface area (Å²) >= 11 is 0. The zero-order valence-corrected chi connectivity index (χ0v) is 12.1. The normalized spacial score (nSPS) is 12.0. The third kappa shape index (κ3) is 4.76. The topological polar surface area (TPSA) is 49.4 Å². The summed E-state index contributed by atoms with van der Waals surface area (Å²) in [7, 11) is -0.270. The second-order valence-corrected chi connectivity index (χ2v) is 6.47. The first-order chi connectivity index (χ1) is 8.45. The predicted octanol–water partition coefficient (Wildman–Crippen LogP) is 1.58. The monoisotopic (exact) mass is 270 g/mol. The van der Waals surface area contributed by atoms with Crippen molar-refractivity contribution in [2.45, 2.75) is 26.2 Å². The molecule has 102 valence electrons. The van der Waals surface area contributed by atoms with Crippen LogP contribution in [0.4, 0.5) is 0 Å². The van der Waals surface area contributed by atoms with Crippen molar-refractivity contribution in [1.29, 1.82) is 0 Å². The molecule has 0 bridgehead atoms. The van der Waals surface area contributed by atoms with Gasteiger partial charge in [-0.3, -0.25) is 0 Å². The number of hydrogen-bond donors (Lipinski definition) is 1. The highest BCUT2D eigenvalue weighted by Gasteiger charge is 2.11. The van der Waals surface area contributed by atoms with Gasteiger partial charge >= 0.3 is 0 Å². The van der Waals surface area contributed by atoms with E-state index in [9.17, 15) is 8.42 Å². The average Bonchev–Trinajstić information content (AvgIpc) is 2.31. The molecule has 0 heterocycles. The summed E-state index contributed by atoms with van der Waals surface area (Å²) in [5, 5.41) is 0. The Kier molecular flexibility index (Phi) is 5.78. The van der Waals surface area contributed by atoms with Crippen LogP contribution < -0.4 is 4.72 Å². The Bertz CT molecular complexity index is 452. The zero-order valence-electron chi connectivity index (χ0n) is 11.3. The Balaban J connectivity index is 2.45. The van der Waals surface area contributed by atoms with Crippen molar-refractivity contribution in [2.75, 3.05) is 20.6 Å². The maximum atomic E-state index is 11.5. The molecule has 0 aliphatic carbocycles. The first-order valence-electron chi connectivity index (χ1n) is 6.20. The first kappa shape index (κ1) is 15.1. The van der Waals surface area contributed by atoms with Gasteiger partial charge in [-0.15, -0.1) is 0 Å². The number of benzene rings is 1. The smallest absolute Gasteiger partial charge is 0.202 e. The van der Waals surface area contributed by atoms with Crippen LogP contribution in [-0.4, -0.2) is 33.4 Å². The number of hydrogen-bond acceptors (Lipinski definition) is 2. The van der Waals surface area contributed by atoms with Crippen LogP contribution in [0.15, 0.2) is 24.3 Å². The van der Waals surface area contributed by atoms with Gasteiger partial charge in [-0.25, -0.2) is 4.72 Å². The quantitative estimate of drug-likeness (QED) is 0.818. The van der Waals surface area contributed by atoms with Crippen LogP contribution in [-0.2, 0) is 23.1 Å². The molecular weight excluding hydrogens is 248 g/mol. The summed E-state index contributed by atoms with van der Waals surface area (Å²) in [6.07, 6.45) is 2.94. The lowest BCUT2D eigenvalue weighted by Crippen LogP contribution is -2.36. The summed E-state index contributed by atoms with van der Waals surface area (Å²) in [6, 6.07) is 8.35. The number of nitrogens with zero attached hydrogens (tertiary/aromatic N) is 1. The van der Waals surface area contributed by atoms with E-state index in [4.69, 9.17) is 0 Å². The molecule has 1 aromatic carbocycles. The van der Waals surface area contributed by atoms with E-state index in [0.29, 0.717) is 13.0 Å². The highest BCUT2D eigenvalue weighted by molar-refractivity contribution is 7.87. The molecule has 0 saturated carbocycles. The molecule has 4 nitrogen and oxygen atoms in total. The third-order valence-corrected chi connectivity index (χ3v) is 4.27. The van der Waals surface area contributed by atoms with Gasteiger partial charge in [0.2, 0.25) is 0 Å². The summed E-state index contributed by atoms with van der Waals surface area (Å²) < 4.78 is 26.7. The highest BCUT2D eigenvalue weighted by atomic mass is 32.2. The molecule has 0 aliphatic rings. The Morgan fingerprint density at radius 1 is 1.06 bits per heavy atom. The molecule has 0 aliphatic heterocycles. The van der Waals surface area contributed by atoms with Gasteiger partial charge in [-0.2, -0.15) is 12.7 Å². The molecule has 0 atom stereocenters. The second kappa shape index (κ2) is 6.87. The van der Waals surface area contributed by atoms with E-state index in [2.05, 4.69) is 35.9 Å². The van der Waals surface area contributed by atoms with Gasteiger partial charge in [-0.1, -0.05) is 37.6 Å². The van der Waals surface area contributed by atoms with Crippen LogP contribution in [0.3, 0.4) is 0 Å². The summed E-state index contributed by atoms with van der Waals surface area (Å²) in [6.45, 7) is 2.58. The van der Waals surface area contributed by atoms with Gasteiger partial charge in [-0.05, 0) is 24.0 Å². The van der Waals surface area contributed by atoms with Crippen LogP contribution in [0.5, 0.6) is 0 Å². The van der Waals surface area contributed by atoms with Crippen molar-refractivity contribution in [3.05, 3.63) is 35.4 Å². The van der Waals surface area contributed by atoms with Crippen molar-refractivity contribution in [2.24, 2.45) is 0 Å². The van der Waals surface area contributed by atoms with E-state index in [1.54, 1.807) is 0 Å². The fraction of sp³-hybridized carbons (Fsp3) is 0.538. The summed E-state index contributed by atoms with van der Waals surface area (Å²) in [5.41, 5.74) is 2.48. The van der Waals surface area contributed by atoms with Gasteiger partial charge in [0.25, 0.3) is 10.2 Å². The second-order valence-electron chi connectivity index (χ2n) is 4.50. The van der Waals surface area contributed by atoms with Crippen LogP contribution >= 0.6 is 0 Å². The Morgan fingerprint density at radius 3 is 2.00 bits per heavy atom. The van der Waals surface area contributed by atoms with E-state index in [0.717, 1.165) is 18.4 Å². The minimum absolute atomic E-state index is 0.424. The molecule has 0 saturated heterocycles. The summed E-state index contributed by atoms with van der Waals surface area (Å²) in [4.78, 5) is 0. The maximum absolute atomic E-state index is 11.5. The zero-order chi connectivity index (χ0) is 13.6. The molecule has 0 spiro atoms. The van der Waals surface area contributed by atoms with E-state index < -0.39 is 10.2 Å². The standard InChI is InChI=1S/C13H22N2O2S/c1-4-5-12-6-8-13(9-7-12)10-11-14-18(16,17)15(2)3/h6-9,14H,4-5,10-11H2,1-3H3. The fourth-order valence-corrected chi connectivity index (χ4v) is 2.23. The lowest BCUT2D eigenvalue weighted by Gasteiger charge is -2.12. The van der Waals surface area contributed by atoms with Crippen LogP contribution in [0.1, 0.15) is 24.5 Å². The molecule has 18 heavy (non-hydrogen) atoms. The first-order valence-corrected chi connectivity index (χ1v) is 7.64. The van der Waals surface area contributed by atoms with Crippen LogP contribution in [0, 0.1) is 0 Å². The highest BCUT2D eigenvalue weighted by Crippen LogP contribution is 2.07. The van der Waals surface area contributed by atoms with Gasteiger partial charge in [0.05, 0.1) is 0 Å². The lowest BCUT2D eigenvalue weighted by molar-refractivity contribution is 0.506. The fourth-order valence-electron chi connectivity index (χ4n) is 1.61. The lowest BCUT2D eigenvalue weighted by atomic mass is 10.1. The molecule has 1 aromatic rings. The van der Waals surface area contributed by atoms with Gasteiger partial charge in [0.1, 0.15) is 0 Å². The van der Waals surface area contributed by atoms with E-state index in [1.807, 2.05) is 0 Å². The molecule has 1 rings (SSSR count). The van der Waals surface area contributed by atoms with Gasteiger partial charge < -0.3 is 0 Å². The number of aryl methyl sites for hydroxylation is 1. The summed E-state index contributed by atoms with van der Waals surface area (Å²) in [5.74, 6) is 0. The molecule has 1 N–H and O–H groups in total.